The van der Waals surface area contributed by atoms with Gasteiger partial charge in [0.15, 0.2) is 17.7 Å². The quantitative estimate of drug-likeness (QED) is 0.191. The van der Waals surface area contributed by atoms with E-state index in [2.05, 4.69) is 20.5 Å². The molecule has 1 aliphatic rings. The van der Waals surface area contributed by atoms with E-state index in [1.165, 1.54) is 0 Å². The van der Waals surface area contributed by atoms with Gasteiger partial charge < -0.3 is 24.3 Å². The third-order valence-electron chi connectivity index (χ3n) is 4.95. The molecule has 0 spiro atoms. The summed E-state index contributed by atoms with van der Waals surface area (Å²) in [5.74, 6) is 0.432. The first-order valence-corrected chi connectivity index (χ1v) is 12.6. The third kappa shape index (κ3) is 10.9. The zero-order valence-corrected chi connectivity index (χ0v) is 19.6. The van der Waals surface area contributed by atoms with Gasteiger partial charge in [-0.1, -0.05) is 5.21 Å². The molecule has 0 atom stereocenters. The maximum atomic E-state index is 11.5. The molecular formula is C18H36BN5O6S. The molecule has 11 nitrogen and oxygen atoms in total. The summed E-state index contributed by atoms with van der Waals surface area (Å²) in [7, 11) is 1.000. The molecule has 13 heteroatoms. The Labute approximate surface area is 186 Å². The van der Waals surface area contributed by atoms with E-state index in [4.69, 9.17) is 18.9 Å². The first-order valence-electron chi connectivity index (χ1n) is 10.8. The number of rotatable bonds is 17. The summed E-state index contributed by atoms with van der Waals surface area (Å²) < 4.78 is 46.7. The van der Waals surface area contributed by atoms with Crippen molar-refractivity contribution in [3.8, 4) is 0 Å². The smallest absolute Gasteiger partial charge is 0.166 e. The van der Waals surface area contributed by atoms with Crippen LogP contribution in [0, 0.1) is 0 Å². The minimum atomic E-state index is -2.87. The third-order valence-corrected chi connectivity index (χ3v) is 6.56. The largest absolute Gasteiger partial charge is 0.378 e. The van der Waals surface area contributed by atoms with Crippen LogP contribution in [0.3, 0.4) is 0 Å². The van der Waals surface area contributed by atoms with E-state index < -0.39 is 9.84 Å². The molecule has 31 heavy (non-hydrogen) atoms. The normalized spacial score (nSPS) is 16.7. The highest BCUT2D eigenvalue weighted by Gasteiger charge is 2.23. The monoisotopic (exact) mass is 461 g/mol. The van der Waals surface area contributed by atoms with Crippen LogP contribution >= 0.6 is 0 Å². The number of hydrogen-bond donors (Lipinski definition) is 1. The van der Waals surface area contributed by atoms with E-state index in [0.717, 1.165) is 17.8 Å². The lowest BCUT2D eigenvalue weighted by atomic mass is 10.0. The summed E-state index contributed by atoms with van der Waals surface area (Å²) in [5, 5.41) is 11.4. The van der Waals surface area contributed by atoms with Crippen molar-refractivity contribution in [2.24, 2.45) is 0 Å². The van der Waals surface area contributed by atoms with Crippen molar-refractivity contribution < 1.29 is 27.4 Å². The van der Waals surface area contributed by atoms with Gasteiger partial charge in [-0.05, 0) is 7.05 Å². The number of likely N-dealkylation sites (N-methyl/N-ethyl adjacent to an activating group) is 1. The van der Waals surface area contributed by atoms with Crippen LogP contribution in [0.15, 0.2) is 0 Å². The van der Waals surface area contributed by atoms with E-state index in [0.29, 0.717) is 79.0 Å². The van der Waals surface area contributed by atoms with Crippen LogP contribution in [0.25, 0.3) is 0 Å². The van der Waals surface area contributed by atoms with Crippen molar-refractivity contribution in [2.45, 2.75) is 13.1 Å². The molecule has 0 unspecified atom stereocenters. The number of nitrogens with one attached hydrogen (secondary N) is 1. The second kappa shape index (κ2) is 14.9. The van der Waals surface area contributed by atoms with Crippen LogP contribution in [-0.4, -0.2) is 127 Å². The molecular weight excluding hydrogens is 425 g/mol. The van der Waals surface area contributed by atoms with Gasteiger partial charge in [-0.15, -0.1) is 5.10 Å². The van der Waals surface area contributed by atoms with E-state index in [9.17, 15) is 8.42 Å². The standard InChI is InChI=1S/C18H36BN5O6S/c1-20-2-6-27-8-10-29-12-13-30-11-9-28-7-3-24-18(19)17(21-22-24)16-23-4-14-31(25,26)15-5-23/h20H,2-16,19H2,1H3. The molecule has 1 saturated heterocycles. The van der Waals surface area contributed by atoms with Crippen molar-refractivity contribution in [3.05, 3.63) is 5.69 Å². The van der Waals surface area contributed by atoms with Gasteiger partial charge in [0.25, 0.3) is 0 Å². The Morgan fingerprint density at radius 1 is 0.935 bits per heavy atom. The fourth-order valence-electron chi connectivity index (χ4n) is 2.96. The van der Waals surface area contributed by atoms with Crippen molar-refractivity contribution in [3.63, 3.8) is 0 Å². The fourth-order valence-corrected chi connectivity index (χ4v) is 4.24. The SMILES string of the molecule is Bc1c(CN2CCS(=O)(=O)CC2)nnn1CCOCCOCCOCCOCCNC. The minimum absolute atomic E-state index is 0.216. The first kappa shape index (κ1) is 26.2. The van der Waals surface area contributed by atoms with Gasteiger partial charge in [-0.3, -0.25) is 9.58 Å². The Morgan fingerprint density at radius 3 is 2.06 bits per heavy atom. The number of ether oxygens (including phenoxy) is 4. The van der Waals surface area contributed by atoms with E-state index in [-0.39, 0.29) is 11.5 Å². The summed E-state index contributed by atoms with van der Waals surface area (Å²) in [6.07, 6.45) is 0. The predicted octanol–water partition coefficient (Wildman–Crippen LogP) is -2.95. The maximum Gasteiger partial charge on any atom is 0.166 e. The van der Waals surface area contributed by atoms with Crippen molar-refractivity contribution in [1.29, 1.82) is 0 Å². The van der Waals surface area contributed by atoms with Gasteiger partial charge in [0.05, 0.1) is 76.6 Å². The predicted molar refractivity (Wildman–Crippen MR) is 119 cm³/mol. The molecule has 0 aliphatic carbocycles. The summed E-state index contributed by atoms with van der Waals surface area (Å²) in [5.41, 5.74) is 1.87. The summed E-state index contributed by atoms with van der Waals surface area (Å²) in [4.78, 5) is 2.11. The number of sulfone groups is 1. The Morgan fingerprint density at radius 2 is 1.48 bits per heavy atom. The fraction of sp³-hybridized carbons (Fsp3) is 0.889. The van der Waals surface area contributed by atoms with Crippen LogP contribution < -0.4 is 10.9 Å². The highest BCUT2D eigenvalue weighted by molar-refractivity contribution is 7.91. The molecule has 2 heterocycles. The second-order valence-electron chi connectivity index (χ2n) is 7.33. The molecule has 2 rings (SSSR count). The molecule has 0 saturated carbocycles. The van der Waals surface area contributed by atoms with Crippen molar-refractivity contribution in [1.82, 2.24) is 25.2 Å². The molecule has 178 valence electrons. The molecule has 0 bridgehead atoms. The van der Waals surface area contributed by atoms with E-state index >= 15 is 0 Å². The van der Waals surface area contributed by atoms with E-state index in [1.807, 2.05) is 19.6 Å². The summed E-state index contributed by atoms with van der Waals surface area (Å²) in [6.45, 7) is 7.65. The second-order valence-corrected chi connectivity index (χ2v) is 9.63. The van der Waals surface area contributed by atoms with E-state index in [1.54, 1.807) is 0 Å². The number of nitrogens with zero attached hydrogens (tertiary/aromatic N) is 4. The highest BCUT2D eigenvalue weighted by Crippen LogP contribution is 2.06. The summed E-state index contributed by atoms with van der Waals surface area (Å²) >= 11 is 0. The molecule has 1 aromatic rings. The van der Waals surface area contributed by atoms with Crippen LogP contribution in [0.2, 0.25) is 0 Å². The summed E-state index contributed by atoms with van der Waals surface area (Å²) in [6, 6.07) is 0. The lowest BCUT2D eigenvalue weighted by molar-refractivity contribution is -0.00228. The number of aromatic nitrogens is 3. The molecule has 0 aromatic carbocycles. The van der Waals surface area contributed by atoms with Gasteiger partial charge in [-0.2, -0.15) is 0 Å². The number of hydrogen-bond acceptors (Lipinski definition) is 10. The molecule has 0 radical (unpaired) electrons. The average Bonchev–Trinajstić information content (AvgIpc) is 3.09. The zero-order valence-electron chi connectivity index (χ0n) is 18.8. The van der Waals surface area contributed by atoms with Crippen molar-refractivity contribution >= 4 is 23.3 Å². The van der Waals surface area contributed by atoms with Crippen LogP contribution in [0.1, 0.15) is 5.69 Å². The molecule has 1 aliphatic heterocycles. The topological polar surface area (TPSA) is 117 Å². The molecule has 0 amide bonds. The highest BCUT2D eigenvalue weighted by atomic mass is 32.2. The Hall–Kier alpha value is -1.09. The van der Waals surface area contributed by atoms with Gasteiger partial charge >= 0.3 is 0 Å². The Bertz CT molecular complexity index is 706. The lowest BCUT2D eigenvalue weighted by Gasteiger charge is -2.25. The zero-order chi connectivity index (χ0) is 22.4. The average molecular weight is 461 g/mol. The van der Waals surface area contributed by atoms with Gasteiger partial charge in [0, 0.05) is 31.8 Å². The lowest BCUT2D eigenvalue weighted by Crippen LogP contribution is -2.40. The van der Waals surface area contributed by atoms with Crippen LogP contribution in [0.4, 0.5) is 0 Å². The molecule has 1 aromatic heterocycles. The first-order chi connectivity index (χ1) is 15.0. The van der Waals surface area contributed by atoms with Crippen LogP contribution in [-0.2, 0) is 41.9 Å². The van der Waals surface area contributed by atoms with Gasteiger partial charge in [0.1, 0.15) is 0 Å². The van der Waals surface area contributed by atoms with Gasteiger partial charge in [-0.25, -0.2) is 8.42 Å². The van der Waals surface area contributed by atoms with Crippen molar-refractivity contribution in [2.75, 3.05) is 91.0 Å². The maximum absolute atomic E-state index is 11.5. The Balaban J connectivity index is 1.46. The van der Waals surface area contributed by atoms with Gasteiger partial charge in [0.2, 0.25) is 0 Å². The van der Waals surface area contributed by atoms with Crippen LogP contribution in [0.5, 0.6) is 0 Å². The molecule has 1 fully saturated rings. The minimum Gasteiger partial charge on any atom is -0.378 e. The molecule has 1 N–H and O–H groups in total. The Kier molecular flexibility index (Phi) is 12.6.